The number of hydrogen-bond donors (Lipinski definition) is 1. The summed E-state index contributed by atoms with van der Waals surface area (Å²) in [5, 5.41) is 8.90. The molecular formula is C13H16N2O3. The van der Waals surface area contributed by atoms with Gasteiger partial charge in [-0.25, -0.2) is 4.79 Å². The Kier molecular flexibility index (Phi) is 3.50. The van der Waals surface area contributed by atoms with Crippen molar-refractivity contribution in [3.63, 3.8) is 0 Å². The van der Waals surface area contributed by atoms with Crippen molar-refractivity contribution in [2.75, 3.05) is 18.5 Å². The van der Waals surface area contributed by atoms with Gasteiger partial charge in [0.1, 0.15) is 5.52 Å². The second-order valence-electron chi connectivity index (χ2n) is 4.26. The van der Waals surface area contributed by atoms with Crippen LogP contribution in [0.4, 0.5) is 6.01 Å². The minimum atomic E-state index is -0.964. The van der Waals surface area contributed by atoms with E-state index in [1.54, 1.807) is 6.07 Å². The molecule has 0 unspecified atom stereocenters. The normalized spacial score (nSPS) is 10.8. The average Bonchev–Trinajstić information content (AvgIpc) is 2.78. The molecule has 2 rings (SSSR count). The smallest absolute Gasteiger partial charge is 0.335 e. The van der Waals surface area contributed by atoms with Crippen LogP contribution in [0.3, 0.4) is 0 Å². The van der Waals surface area contributed by atoms with Gasteiger partial charge in [-0.15, -0.1) is 0 Å². The predicted molar refractivity (Wildman–Crippen MR) is 69.1 cm³/mol. The van der Waals surface area contributed by atoms with Gasteiger partial charge >= 0.3 is 5.97 Å². The van der Waals surface area contributed by atoms with Crippen molar-refractivity contribution < 1.29 is 14.3 Å². The van der Waals surface area contributed by atoms with Gasteiger partial charge in [-0.3, -0.25) is 0 Å². The molecular weight excluding hydrogens is 232 g/mol. The largest absolute Gasteiger partial charge is 0.478 e. The number of fused-ring (bicyclic) bond motifs is 1. The van der Waals surface area contributed by atoms with E-state index < -0.39 is 5.97 Å². The highest BCUT2D eigenvalue weighted by atomic mass is 16.4. The number of aromatic nitrogens is 1. The fraction of sp³-hybridized carbons (Fsp3) is 0.385. The molecule has 0 atom stereocenters. The zero-order valence-corrected chi connectivity index (χ0v) is 10.5. The van der Waals surface area contributed by atoms with Crippen molar-refractivity contribution in [1.82, 2.24) is 4.98 Å². The van der Waals surface area contributed by atoms with Gasteiger partial charge in [0.05, 0.1) is 5.56 Å². The van der Waals surface area contributed by atoms with Crippen molar-refractivity contribution in [3.05, 3.63) is 23.8 Å². The van der Waals surface area contributed by atoms with Crippen LogP contribution < -0.4 is 4.90 Å². The Morgan fingerprint density at radius 2 is 2.28 bits per heavy atom. The van der Waals surface area contributed by atoms with Gasteiger partial charge < -0.3 is 14.4 Å². The molecule has 0 amide bonds. The first kappa shape index (κ1) is 12.4. The topological polar surface area (TPSA) is 66.6 Å². The van der Waals surface area contributed by atoms with Crippen LogP contribution in [0.2, 0.25) is 0 Å². The summed E-state index contributed by atoms with van der Waals surface area (Å²) in [6, 6.07) is 5.23. The second kappa shape index (κ2) is 5.08. The van der Waals surface area contributed by atoms with E-state index in [9.17, 15) is 4.79 Å². The number of aromatic carboxylic acids is 1. The Morgan fingerprint density at radius 3 is 2.94 bits per heavy atom. The first-order valence-corrected chi connectivity index (χ1v) is 5.97. The van der Waals surface area contributed by atoms with Gasteiger partial charge in [0, 0.05) is 13.6 Å². The SMILES string of the molecule is CCCCN(C)c1nc2ccc(C(=O)O)cc2o1. The van der Waals surface area contributed by atoms with Crippen LogP contribution in [0.15, 0.2) is 22.6 Å². The Labute approximate surface area is 105 Å². The van der Waals surface area contributed by atoms with Gasteiger partial charge in [-0.05, 0) is 24.6 Å². The predicted octanol–water partition coefficient (Wildman–Crippen LogP) is 2.76. The van der Waals surface area contributed by atoms with Gasteiger partial charge in [0.2, 0.25) is 0 Å². The summed E-state index contributed by atoms with van der Waals surface area (Å²) in [5.41, 5.74) is 1.40. The molecule has 2 aromatic rings. The number of oxazole rings is 1. The summed E-state index contributed by atoms with van der Waals surface area (Å²) in [6.07, 6.45) is 2.17. The molecule has 1 heterocycles. The molecule has 0 radical (unpaired) electrons. The summed E-state index contributed by atoms with van der Waals surface area (Å²) in [5.74, 6) is -0.964. The van der Waals surface area contributed by atoms with E-state index in [0.29, 0.717) is 17.1 Å². The first-order valence-electron chi connectivity index (χ1n) is 5.97. The minimum absolute atomic E-state index is 0.210. The molecule has 0 bridgehead atoms. The highest BCUT2D eigenvalue weighted by Gasteiger charge is 2.12. The molecule has 1 aromatic carbocycles. The zero-order valence-electron chi connectivity index (χ0n) is 10.5. The average molecular weight is 248 g/mol. The van der Waals surface area contributed by atoms with E-state index in [2.05, 4.69) is 11.9 Å². The van der Waals surface area contributed by atoms with Crippen LogP contribution in [-0.4, -0.2) is 29.7 Å². The Balaban J connectivity index is 2.29. The zero-order chi connectivity index (χ0) is 13.1. The number of benzene rings is 1. The Bertz CT molecular complexity index is 562. The molecule has 5 nitrogen and oxygen atoms in total. The molecule has 0 saturated carbocycles. The molecule has 0 aliphatic heterocycles. The molecule has 0 aliphatic rings. The third-order valence-corrected chi connectivity index (χ3v) is 2.80. The number of nitrogens with zero attached hydrogens (tertiary/aromatic N) is 2. The van der Waals surface area contributed by atoms with E-state index in [0.717, 1.165) is 19.4 Å². The van der Waals surface area contributed by atoms with E-state index >= 15 is 0 Å². The molecule has 96 valence electrons. The van der Waals surface area contributed by atoms with E-state index in [4.69, 9.17) is 9.52 Å². The molecule has 0 fully saturated rings. The molecule has 1 N–H and O–H groups in total. The maximum atomic E-state index is 10.9. The highest BCUT2D eigenvalue weighted by Crippen LogP contribution is 2.22. The molecule has 0 spiro atoms. The Hall–Kier alpha value is -2.04. The maximum Gasteiger partial charge on any atom is 0.335 e. The summed E-state index contributed by atoms with van der Waals surface area (Å²) in [4.78, 5) is 17.1. The van der Waals surface area contributed by atoms with Gasteiger partial charge in [0.15, 0.2) is 5.58 Å². The summed E-state index contributed by atoms with van der Waals surface area (Å²) in [6.45, 7) is 2.99. The quantitative estimate of drug-likeness (QED) is 0.881. The maximum absolute atomic E-state index is 10.9. The fourth-order valence-corrected chi connectivity index (χ4v) is 1.70. The monoisotopic (exact) mass is 248 g/mol. The lowest BCUT2D eigenvalue weighted by Crippen LogP contribution is -2.18. The molecule has 0 saturated heterocycles. The third kappa shape index (κ3) is 2.45. The number of carboxylic acid groups (broad SMARTS) is 1. The number of carboxylic acids is 1. The van der Waals surface area contributed by atoms with Crippen LogP contribution in [0.5, 0.6) is 0 Å². The lowest BCUT2D eigenvalue weighted by atomic mass is 10.2. The van der Waals surface area contributed by atoms with Gasteiger partial charge in [-0.2, -0.15) is 4.98 Å². The molecule has 18 heavy (non-hydrogen) atoms. The van der Waals surface area contributed by atoms with E-state index in [-0.39, 0.29) is 5.56 Å². The lowest BCUT2D eigenvalue weighted by Gasteiger charge is -2.12. The second-order valence-corrected chi connectivity index (χ2v) is 4.26. The van der Waals surface area contributed by atoms with E-state index in [1.165, 1.54) is 12.1 Å². The summed E-state index contributed by atoms with van der Waals surface area (Å²) >= 11 is 0. The minimum Gasteiger partial charge on any atom is -0.478 e. The standard InChI is InChI=1S/C13H16N2O3/c1-3-4-7-15(2)13-14-10-6-5-9(12(16)17)8-11(10)18-13/h5-6,8H,3-4,7H2,1-2H3,(H,16,17). The molecule has 1 aromatic heterocycles. The number of carbonyl (C=O) groups is 1. The van der Waals surface area contributed by atoms with Gasteiger partial charge in [0.25, 0.3) is 6.01 Å². The molecule has 0 aliphatic carbocycles. The summed E-state index contributed by atoms with van der Waals surface area (Å²) < 4.78 is 5.57. The number of unbranched alkanes of at least 4 members (excludes halogenated alkanes) is 1. The van der Waals surface area contributed by atoms with E-state index in [1.807, 2.05) is 11.9 Å². The van der Waals surface area contributed by atoms with Crippen molar-refractivity contribution in [2.24, 2.45) is 0 Å². The van der Waals surface area contributed by atoms with Gasteiger partial charge in [-0.1, -0.05) is 13.3 Å². The van der Waals surface area contributed by atoms with Crippen molar-refractivity contribution in [3.8, 4) is 0 Å². The van der Waals surface area contributed by atoms with Crippen molar-refractivity contribution in [2.45, 2.75) is 19.8 Å². The summed E-state index contributed by atoms with van der Waals surface area (Å²) in [7, 11) is 1.92. The third-order valence-electron chi connectivity index (χ3n) is 2.80. The lowest BCUT2D eigenvalue weighted by molar-refractivity contribution is 0.0697. The molecule has 5 heteroatoms. The van der Waals surface area contributed by atoms with Crippen LogP contribution in [-0.2, 0) is 0 Å². The van der Waals surface area contributed by atoms with Crippen molar-refractivity contribution in [1.29, 1.82) is 0 Å². The number of anilines is 1. The highest BCUT2D eigenvalue weighted by molar-refractivity contribution is 5.92. The van der Waals surface area contributed by atoms with Crippen molar-refractivity contribution >= 4 is 23.1 Å². The van der Waals surface area contributed by atoms with Crippen LogP contribution in [0.25, 0.3) is 11.1 Å². The van der Waals surface area contributed by atoms with Crippen LogP contribution in [0, 0.1) is 0 Å². The Morgan fingerprint density at radius 1 is 1.50 bits per heavy atom. The van der Waals surface area contributed by atoms with Crippen LogP contribution in [0.1, 0.15) is 30.1 Å². The first-order chi connectivity index (χ1) is 8.61. The number of rotatable bonds is 5. The number of hydrogen-bond acceptors (Lipinski definition) is 4. The van der Waals surface area contributed by atoms with Crippen LogP contribution >= 0.6 is 0 Å². The fourth-order valence-electron chi connectivity index (χ4n) is 1.70.